The molecule has 4 rings (SSSR count). The van der Waals surface area contributed by atoms with Gasteiger partial charge in [0.1, 0.15) is 0 Å². The van der Waals surface area contributed by atoms with Crippen LogP contribution in [0.4, 0.5) is 11.1 Å². The van der Waals surface area contributed by atoms with Gasteiger partial charge in [0.05, 0.1) is 10.2 Å². The van der Waals surface area contributed by atoms with Crippen molar-refractivity contribution in [3.8, 4) is 0 Å². The van der Waals surface area contributed by atoms with Crippen LogP contribution in [-0.2, 0) is 0 Å². The molecule has 0 aliphatic heterocycles. The van der Waals surface area contributed by atoms with E-state index in [1.807, 2.05) is 38.3 Å². The van der Waals surface area contributed by atoms with E-state index in [0.717, 1.165) is 25.8 Å². The van der Waals surface area contributed by atoms with Gasteiger partial charge in [-0.3, -0.25) is 4.79 Å². The quantitative estimate of drug-likeness (QED) is 0.519. The molecule has 0 atom stereocenters. The number of nitrogens with two attached hydrogens (primary N) is 1. The molecule has 3 aromatic rings. The molecule has 1 amide bonds. The van der Waals surface area contributed by atoms with Crippen molar-refractivity contribution in [2.24, 2.45) is 0 Å². The number of benzene rings is 1. The minimum Gasteiger partial charge on any atom is -0.368 e. The van der Waals surface area contributed by atoms with Gasteiger partial charge in [0, 0.05) is 43.0 Å². The lowest BCUT2D eigenvalue weighted by Crippen LogP contribution is -2.21. The van der Waals surface area contributed by atoms with E-state index in [2.05, 4.69) is 20.3 Å². The maximum absolute atomic E-state index is 12.0. The summed E-state index contributed by atoms with van der Waals surface area (Å²) in [5, 5.41) is 4.49. The number of rotatable bonds is 4. The van der Waals surface area contributed by atoms with Crippen LogP contribution in [0.3, 0.4) is 0 Å². The largest absolute Gasteiger partial charge is 0.368 e. The first kappa shape index (κ1) is 24.9. The fourth-order valence-electron chi connectivity index (χ4n) is 3.05. The van der Waals surface area contributed by atoms with Gasteiger partial charge in [0.2, 0.25) is 5.95 Å². The Labute approximate surface area is 192 Å². The molecular weight excluding hydrogens is 428 g/mol. The number of carbonyl (C=O) groups is 1. The number of hydrogen-bond acceptors (Lipinski definition) is 8. The second-order valence-electron chi connectivity index (χ2n) is 7.01. The van der Waals surface area contributed by atoms with Gasteiger partial charge in [-0.05, 0) is 37.3 Å². The zero-order chi connectivity index (χ0) is 22.8. The Bertz CT molecular complexity index is 952. The van der Waals surface area contributed by atoms with Gasteiger partial charge >= 0.3 is 0 Å². The maximum atomic E-state index is 12.0. The van der Waals surface area contributed by atoms with Gasteiger partial charge in [0.15, 0.2) is 5.13 Å². The first-order valence-corrected chi connectivity index (χ1v) is 12.5. The van der Waals surface area contributed by atoms with Crippen molar-refractivity contribution in [2.75, 3.05) is 31.4 Å². The summed E-state index contributed by atoms with van der Waals surface area (Å²) in [6.45, 7) is 4.00. The molecule has 1 aliphatic rings. The minimum atomic E-state index is 0.0330. The highest BCUT2D eigenvalue weighted by Gasteiger charge is 2.17. The van der Waals surface area contributed by atoms with E-state index < -0.39 is 0 Å². The Kier molecular flexibility index (Phi) is 10.00. The number of hydrogen-bond donors (Lipinski definition) is 2. The van der Waals surface area contributed by atoms with Crippen LogP contribution >= 0.6 is 23.1 Å². The molecule has 31 heavy (non-hydrogen) atoms. The molecule has 0 radical (unpaired) electrons. The molecule has 2 aromatic heterocycles. The average Bonchev–Trinajstić information content (AvgIpc) is 3.44. The van der Waals surface area contributed by atoms with E-state index in [1.54, 1.807) is 54.5 Å². The van der Waals surface area contributed by atoms with E-state index in [4.69, 9.17) is 5.73 Å². The first-order valence-electron chi connectivity index (χ1n) is 10.5. The second-order valence-corrected chi connectivity index (χ2v) is 8.92. The van der Waals surface area contributed by atoms with E-state index in [-0.39, 0.29) is 5.91 Å². The molecule has 9 heteroatoms. The van der Waals surface area contributed by atoms with Crippen molar-refractivity contribution >= 4 is 50.3 Å². The number of nitrogens with one attached hydrogen (secondary N) is 1. The number of fused-ring (bicyclic) bond motifs is 1. The van der Waals surface area contributed by atoms with Crippen LogP contribution in [0.1, 0.15) is 49.9 Å². The first-order chi connectivity index (χ1) is 15.0. The summed E-state index contributed by atoms with van der Waals surface area (Å²) in [5.41, 5.74) is 6.93. The van der Waals surface area contributed by atoms with Gasteiger partial charge in [-0.2, -0.15) is 0 Å². The van der Waals surface area contributed by atoms with E-state index in [9.17, 15) is 4.79 Å². The Hall–Kier alpha value is -2.39. The Morgan fingerprint density at radius 2 is 1.84 bits per heavy atom. The number of nitrogen functional groups attached to an aromatic ring is 1. The maximum Gasteiger partial charge on any atom is 0.253 e. The number of amides is 1. The number of carbonyl (C=O) groups excluding carboxylic acids is 1. The summed E-state index contributed by atoms with van der Waals surface area (Å²) in [7, 11) is 3.54. The third kappa shape index (κ3) is 7.36. The lowest BCUT2D eigenvalue weighted by Gasteiger charge is -2.09. The second kappa shape index (κ2) is 12.5. The molecule has 3 N–H and O–H groups in total. The predicted molar refractivity (Wildman–Crippen MR) is 133 cm³/mol. The van der Waals surface area contributed by atoms with Crippen LogP contribution in [0.25, 0.3) is 10.2 Å². The average molecular weight is 461 g/mol. The van der Waals surface area contributed by atoms with Gasteiger partial charge in [-0.25, -0.2) is 15.0 Å². The third-order valence-electron chi connectivity index (χ3n) is 4.61. The molecule has 1 saturated carbocycles. The van der Waals surface area contributed by atoms with E-state index >= 15 is 0 Å². The van der Waals surface area contributed by atoms with Crippen molar-refractivity contribution in [3.05, 3.63) is 36.2 Å². The zero-order valence-electron chi connectivity index (χ0n) is 18.9. The summed E-state index contributed by atoms with van der Waals surface area (Å²) in [6.07, 6.45) is 10.5. The molecule has 0 bridgehead atoms. The molecule has 0 unspecified atom stereocenters. The topological polar surface area (TPSA) is 97.0 Å². The van der Waals surface area contributed by atoms with Crippen molar-refractivity contribution in [1.29, 1.82) is 0 Å². The van der Waals surface area contributed by atoms with Gasteiger partial charge < -0.3 is 16.0 Å². The van der Waals surface area contributed by atoms with Crippen molar-refractivity contribution in [3.63, 3.8) is 0 Å². The van der Waals surface area contributed by atoms with Crippen molar-refractivity contribution in [2.45, 2.75) is 50.5 Å². The summed E-state index contributed by atoms with van der Waals surface area (Å²) >= 11 is 3.23. The SMILES string of the molecule is CC.CN(C)C(=O)c1ccc2nc(NC3CCCC3)sc2c1.CSc1cnc(N)nc1. The fraction of sp³-hybridized carbons (Fsp3) is 0.455. The summed E-state index contributed by atoms with van der Waals surface area (Å²) in [6, 6.07) is 6.29. The molecule has 0 saturated heterocycles. The molecule has 1 aromatic carbocycles. The molecule has 168 valence electrons. The molecule has 0 spiro atoms. The lowest BCUT2D eigenvalue weighted by atomic mass is 10.2. The Morgan fingerprint density at radius 1 is 1.19 bits per heavy atom. The lowest BCUT2D eigenvalue weighted by molar-refractivity contribution is 0.0828. The molecule has 1 fully saturated rings. The standard InChI is InChI=1S/C15H19N3OS.C5H7N3S.C2H6/c1-18(2)14(19)10-7-8-12-13(9-10)20-15(17-12)16-11-5-3-4-6-11;1-9-4-2-7-5(6)8-3-4;1-2/h7-9,11H,3-6H2,1-2H3,(H,16,17);2-3H,1H3,(H2,6,7,8);1-2H3. The number of anilines is 2. The third-order valence-corrected chi connectivity index (χ3v) is 6.24. The molecule has 2 heterocycles. The summed E-state index contributed by atoms with van der Waals surface area (Å²) in [5.74, 6) is 0.360. The van der Waals surface area contributed by atoms with E-state index in [1.165, 1.54) is 25.7 Å². The zero-order valence-corrected chi connectivity index (χ0v) is 20.5. The number of nitrogens with zero attached hydrogens (tertiary/aromatic N) is 4. The predicted octanol–water partition coefficient (Wildman–Crippen LogP) is 5.16. The molecule has 7 nitrogen and oxygen atoms in total. The number of thioether (sulfide) groups is 1. The van der Waals surface area contributed by atoms with Crippen molar-refractivity contribution < 1.29 is 4.79 Å². The summed E-state index contributed by atoms with van der Waals surface area (Å²) < 4.78 is 1.07. The van der Waals surface area contributed by atoms with E-state index in [0.29, 0.717) is 12.0 Å². The van der Waals surface area contributed by atoms with Crippen LogP contribution in [0.5, 0.6) is 0 Å². The Balaban J connectivity index is 0.000000261. The fourth-order valence-corrected chi connectivity index (χ4v) is 4.35. The molecule has 1 aliphatic carbocycles. The minimum absolute atomic E-state index is 0.0330. The monoisotopic (exact) mass is 460 g/mol. The smallest absolute Gasteiger partial charge is 0.253 e. The highest BCUT2D eigenvalue weighted by molar-refractivity contribution is 7.98. The highest BCUT2D eigenvalue weighted by atomic mass is 32.2. The van der Waals surface area contributed by atoms with Crippen LogP contribution in [0.2, 0.25) is 0 Å². The number of thiazole rings is 1. The van der Waals surface area contributed by atoms with Crippen molar-refractivity contribution in [1.82, 2.24) is 19.9 Å². The van der Waals surface area contributed by atoms with Crippen LogP contribution < -0.4 is 11.1 Å². The van der Waals surface area contributed by atoms with Crippen LogP contribution in [0.15, 0.2) is 35.5 Å². The highest BCUT2D eigenvalue weighted by Crippen LogP contribution is 2.30. The van der Waals surface area contributed by atoms with Gasteiger partial charge in [-0.15, -0.1) is 11.8 Å². The Morgan fingerprint density at radius 3 is 2.42 bits per heavy atom. The van der Waals surface area contributed by atoms with Crippen LogP contribution in [0, 0.1) is 0 Å². The molecular formula is C22H32N6OS2. The van der Waals surface area contributed by atoms with Gasteiger partial charge in [0.25, 0.3) is 5.91 Å². The van der Waals surface area contributed by atoms with Gasteiger partial charge in [-0.1, -0.05) is 38.0 Å². The van der Waals surface area contributed by atoms with Crippen LogP contribution in [-0.4, -0.2) is 52.2 Å². The normalized spacial score (nSPS) is 13.1. The summed E-state index contributed by atoms with van der Waals surface area (Å²) in [4.78, 5) is 26.8. The number of aromatic nitrogens is 3.